The van der Waals surface area contributed by atoms with Gasteiger partial charge in [0.05, 0.1) is 17.6 Å². The van der Waals surface area contributed by atoms with Crippen LogP contribution in [0.3, 0.4) is 0 Å². The van der Waals surface area contributed by atoms with Crippen molar-refractivity contribution >= 4 is 40.2 Å². The van der Waals surface area contributed by atoms with E-state index >= 15 is 0 Å². The summed E-state index contributed by atoms with van der Waals surface area (Å²) in [4.78, 5) is 16.8. The lowest BCUT2D eigenvalue weighted by molar-refractivity contribution is -0.235. The van der Waals surface area contributed by atoms with Gasteiger partial charge in [-0.2, -0.15) is 0 Å². The molecule has 1 atom stereocenters. The summed E-state index contributed by atoms with van der Waals surface area (Å²) in [6, 6.07) is 3.65. The summed E-state index contributed by atoms with van der Waals surface area (Å²) in [6.07, 6.45) is 4.85. The van der Waals surface area contributed by atoms with Crippen LogP contribution in [0.25, 0.3) is 0 Å². The van der Waals surface area contributed by atoms with Crippen molar-refractivity contribution in [1.29, 1.82) is 0 Å². The predicted molar refractivity (Wildman–Crippen MR) is 92.2 cm³/mol. The molecule has 1 saturated carbocycles. The largest absolute Gasteiger partial charge is 0.465 e. The zero-order valence-corrected chi connectivity index (χ0v) is 15.4. The Bertz CT molecular complexity index is 555. The van der Waals surface area contributed by atoms with Crippen LogP contribution in [-0.4, -0.2) is 27.6 Å². The maximum Gasteiger partial charge on any atom is 0.315 e. The number of esters is 1. The normalized spacial score (nSPS) is 33.7. The highest BCUT2D eigenvalue weighted by molar-refractivity contribution is 14.1. The number of pyridine rings is 1. The van der Waals surface area contributed by atoms with Gasteiger partial charge < -0.3 is 9.47 Å². The van der Waals surface area contributed by atoms with Crippen LogP contribution in [0.15, 0.2) is 18.3 Å². The Hall–Kier alpha value is -0.400. The van der Waals surface area contributed by atoms with Gasteiger partial charge in [0.15, 0.2) is 0 Å². The van der Waals surface area contributed by atoms with E-state index in [-0.39, 0.29) is 17.7 Å². The molecule has 22 heavy (non-hydrogen) atoms. The van der Waals surface area contributed by atoms with Gasteiger partial charge in [0, 0.05) is 16.2 Å². The van der Waals surface area contributed by atoms with Crippen molar-refractivity contribution in [3.63, 3.8) is 0 Å². The molecule has 2 saturated heterocycles. The summed E-state index contributed by atoms with van der Waals surface area (Å²) < 4.78 is 12.7. The van der Waals surface area contributed by atoms with Crippen molar-refractivity contribution in [2.75, 3.05) is 11.0 Å². The van der Waals surface area contributed by atoms with Crippen LogP contribution in [0.2, 0.25) is 5.15 Å². The van der Waals surface area contributed by atoms with Gasteiger partial charge in [-0.05, 0) is 38.7 Å². The average molecular weight is 436 g/mol. The Morgan fingerprint density at radius 2 is 2.18 bits per heavy atom. The van der Waals surface area contributed by atoms with Gasteiger partial charge in [0.1, 0.15) is 11.3 Å². The molecule has 2 aliphatic heterocycles. The predicted octanol–water partition coefficient (Wildman–Crippen LogP) is 4.10. The summed E-state index contributed by atoms with van der Waals surface area (Å²) in [5, 5.41) is 0.443. The molecule has 4 nitrogen and oxygen atoms in total. The molecule has 120 valence electrons. The number of nitrogens with zero attached hydrogens (tertiary/aromatic N) is 1. The number of alkyl halides is 1. The van der Waals surface area contributed by atoms with E-state index in [1.165, 1.54) is 0 Å². The van der Waals surface area contributed by atoms with E-state index in [9.17, 15) is 4.79 Å². The number of rotatable bonds is 4. The maximum atomic E-state index is 12.7. The van der Waals surface area contributed by atoms with Gasteiger partial charge in [-0.15, -0.1) is 0 Å². The van der Waals surface area contributed by atoms with Gasteiger partial charge in [-0.25, -0.2) is 4.98 Å². The van der Waals surface area contributed by atoms with Crippen molar-refractivity contribution in [1.82, 2.24) is 4.98 Å². The molecule has 1 aromatic heterocycles. The number of halogens is 2. The van der Waals surface area contributed by atoms with E-state index in [1.807, 2.05) is 13.0 Å². The highest BCUT2D eigenvalue weighted by atomic mass is 127. The van der Waals surface area contributed by atoms with E-state index in [0.29, 0.717) is 11.8 Å². The van der Waals surface area contributed by atoms with Crippen LogP contribution in [0, 0.1) is 5.41 Å². The molecule has 3 aliphatic rings. The first kappa shape index (κ1) is 16.5. The van der Waals surface area contributed by atoms with E-state index in [1.54, 1.807) is 12.3 Å². The number of fused-ring (bicyclic) bond motifs is 3. The second-order valence-corrected chi connectivity index (χ2v) is 7.26. The molecule has 0 amide bonds. The highest BCUT2D eigenvalue weighted by Gasteiger charge is 2.60. The molecule has 0 spiro atoms. The lowest BCUT2D eigenvalue weighted by Crippen LogP contribution is -2.57. The number of hydrogen-bond donors (Lipinski definition) is 0. The van der Waals surface area contributed by atoms with Crippen molar-refractivity contribution in [2.45, 2.75) is 44.3 Å². The lowest BCUT2D eigenvalue weighted by Gasteiger charge is -2.55. The van der Waals surface area contributed by atoms with Gasteiger partial charge >= 0.3 is 5.97 Å². The fraction of sp³-hybridized carbons (Fsp3) is 0.625. The van der Waals surface area contributed by atoms with Crippen LogP contribution < -0.4 is 0 Å². The molecule has 2 bridgehead atoms. The van der Waals surface area contributed by atoms with E-state index in [2.05, 4.69) is 27.6 Å². The van der Waals surface area contributed by atoms with E-state index < -0.39 is 5.41 Å². The Morgan fingerprint density at radius 3 is 2.73 bits per heavy atom. The Morgan fingerprint density at radius 1 is 1.45 bits per heavy atom. The van der Waals surface area contributed by atoms with Gasteiger partial charge in [0.25, 0.3) is 0 Å². The van der Waals surface area contributed by atoms with Crippen LogP contribution in [-0.2, 0) is 14.3 Å². The van der Waals surface area contributed by atoms with Crippen LogP contribution in [0.4, 0.5) is 0 Å². The standard InChI is InChI=1S/C16H19ClINO3/c1-2-21-14(20)16-7-5-15(10-18,6-8-16)22-13(16)11-3-4-12(17)19-9-11/h3-4,9,13H,2,5-8,10H2,1H3. The minimum Gasteiger partial charge on any atom is -0.465 e. The van der Waals surface area contributed by atoms with Crippen molar-refractivity contribution in [3.8, 4) is 0 Å². The third kappa shape index (κ3) is 2.65. The number of ether oxygens (including phenoxy) is 2. The van der Waals surface area contributed by atoms with E-state index in [0.717, 1.165) is 35.7 Å². The smallest absolute Gasteiger partial charge is 0.315 e. The quantitative estimate of drug-likeness (QED) is 0.309. The molecular formula is C16H19ClINO3. The first-order chi connectivity index (χ1) is 10.6. The maximum absolute atomic E-state index is 12.7. The minimum absolute atomic E-state index is 0.126. The Labute approximate surface area is 149 Å². The van der Waals surface area contributed by atoms with Crippen LogP contribution in [0.1, 0.15) is 44.3 Å². The topological polar surface area (TPSA) is 48.4 Å². The van der Waals surface area contributed by atoms with Crippen molar-refractivity contribution < 1.29 is 14.3 Å². The second-order valence-electron chi connectivity index (χ2n) is 6.11. The van der Waals surface area contributed by atoms with Gasteiger partial charge in [0.2, 0.25) is 0 Å². The molecular weight excluding hydrogens is 417 g/mol. The molecule has 0 N–H and O–H groups in total. The Balaban J connectivity index is 1.99. The molecule has 1 aromatic rings. The average Bonchev–Trinajstić information content (AvgIpc) is 2.56. The fourth-order valence-electron chi connectivity index (χ4n) is 3.58. The third-order valence-electron chi connectivity index (χ3n) is 4.90. The monoisotopic (exact) mass is 435 g/mol. The zero-order valence-electron chi connectivity index (χ0n) is 12.5. The number of carbonyl (C=O) groups is 1. The summed E-state index contributed by atoms with van der Waals surface area (Å²) in [7, 11) is 0. The SMILES string of the molecule is CCOC(=O)C12CCC(CI)(CC1)OC2c1ccc(Cl)nc1. The van der Waals surface area contributed by atoms with Gasteiger partial charge in [-0.1, -0.05) is 40.3 Å². The molecule has 3 heterocycles. The first-order valence-electron chi connectivity index (χ1n) is 7.58. The van der Waals surface area contributed by atoms with Crippen LogP contribution >= 0.6 is 34.2 Å². The molecule has 1 aliphatic carbocycles. The zero-order chi connectivity index (χ0) is 15.8. The summed E-state index contributed by atoms with van der Waals surface area (Å²) in [5.74, 6) is -0.142. The molecule has 4 rings (SSSR count). The minimum atomic E-state index is -0.584. The molecule has 6 heteroatoms. The number of hydrogen-bond acceptors (Lipinski definition) is 4. The Kier molecular flexibility index (Phi) is 4.67. The summed E-state index contributed by atoms with van der Waals surface area (Å²) in [5.41, 5.74) is 0.198. The molecule has 0 aromatic carbocycles. The highest BCUT2D eigenvalue weighted by Crippen LogP contribution is 2.59. The third-order valence-corrected chi connectivity index (χ3v) is 6.52. The number of aromatic nitrogens is 1. The molecule has 3 fully saturated rings. The number of carbonyl (C=O) groups excluding carboxylic acids is 1. The van der Waals surface area contributed by atoms with Gasteiger partial charge in [-0.3, -0.25) is 4.79 Å². The van der Waals surface area contributed by atoms with Crippen molar-refractivity contribution in [2.24, 2.45) is 5.41 Å². The summed E-state index contributed by atoms with van der Waals surface area (Å²) in [6.45, 7) is 2.23. The molecule has 1 unspecified atom stereocenters. The fourth-order valence-corrected chi connectivity index (χ4v) is 4.63. The van der Waals surface area contributed by atoms with Crippen molar-refractivity contribution in [3.05, 3.63) is 29.0 Å². The summed E-state index contributed by atoms with van der Waals surface area (Å²) >= 11 is 8.27. The lowest BCUT2D eigenvalue weighted by atomic mass is 9.61. The molecule has 0 radical (unpaired) electrons. The van der Waals surface area contributed by atoms with E-state index in [4.69, 9.17) is 21.1 Å². The second kappa shape index (κ2) is 6.24. The van der Waals surface area contributed by atoms with Crippen LogP contribution in [0.5, 0.6) is 0 Å². The first-order valence-corrected chi connectivity index (χ1v) is 9.48.